The Kier molecular flexibility index (Phi) is 50.9. The van der Waals surface area contributed by atoms with E-state index in [0.717, 1.165) is 38.5 Å². The second kappa shape index (κ2) is 51.8. The molecule has 63 heavy (non-hydrogen) atoms. The minimum atomic E-state index is -0.780. The van der Waals surface area contributed by atoms with Crippen LogP contribution in [0.2, 0.25) is 0 Å². The molecule has 3 unspecified atom stereocenters. The van der Waals surface area contributed by atoms with Crippen molar-refractivity contribution in [2.45, 2.75) is 347 Å². The third-order valence-corrected chi connectivity index (χ3v) is 13.7. The van der Waals surface area contributed by atoms with E-state index in [1.807, 2.05) is 0 Å². The Morgan fingerprint density at radius 1 is 0.397 bits per heavy atom. The average Bonchev–Trinajstić information content (AvgIpc) is 3.28. The number of hydrogen-bond donors (Lipinski definition) is 3. The molecule has 0 saturated carbocycles. The SMILES string of the molecule is CCCCCCCCCCCCCCCCCCCC(O)C(CO)NC(=O)CC(CCCCCCCCCCCCC)OC(=O)CCCCCCCCCCCCCCCCCC. The molecule has 0 aliphatic heterocycles. The van der Waals surface area contributed by atoms with Crippen molar-refractivity contribution in [2.75, 3.05) is 6.61 Å². The minimum absolute atomic E-state index is 0.0881. The van der Waals surface area contributed by atoms with Crippen LogP contribution in [0.4, 0.5) is 0 Å². The van der Waals surface area contributed by atoms with Crippen molar-refractivity contribution in [3.8, 4) is 0 Å². The van der Waals surface area contributed by atoms with Gasteiger partial charge in [0.15, 0.2) is 0 Å². The summed E-state index contributed by atoms with van der Waals surface area (Å²) < 4.78 is 5.95. The summed E-state index contributed by atoms with van der Waals surface area (Å²) in [7, 11) is 0. The summed E-state index contributed by atoms with van der Waals surface area (Å²) in [5.74, 6) is -0.447. The van der Waals surface area contributed by atoms with Gasteiger partial charge in [0, 0.05) is 6.42 Å². The van der Waals surface area contributed by atoms with Crippen molar-refractivity contribution in [2.24, 2.45) is 0 Å². The van der Waals surface area contributed by atoms with Gasteiger partial charge in [0.25, 0.3) is 0 Å². The second-order valence-electron chi connectivity index (χ2n) is 20.1. The van der Waals surface area contributed by atoms with E-state index < -0.39 is 18.2 Å². The Hall–Kier alpha value is -1.14. The average molecular weight is 893 g/mol. The Labute approximate surface area is 394 Å². The first kappa shape index (κ1) is 61.9. The van der Waals surface area contributed by atoms with Gasteiger partial charge in [-0.25, -0.2) is 0 Å². The molecule has 3 N–H and O–H groups in total. The van der Waals surface area contributed by atoms with E-state index in [-0.39, 0.29) is 24.9 Å². The maximum atomic E-state index is 13.2. The van der Waals surface area contributed by atoms with Crippen LogP contribution in [0.5, 0.6) is 0 Å². The zero-order valence-corrected chi connectivity index (χ0v) is 43.0. The smallest absolute Gasteiger partial charge is 0.306 e. The van der Waals surface area contributed by atoms with Gasteiger partial charge >= 0.3 is 5.97 Å². The predicted molar refractivity (Wildman–Crippen MR) is 274 cm³/mol. The maximum Gasteiger partial charge on any atom is 0.306 e. The van der Waals surface area contributed by atoms with E-state index in [0.29, 0.717) is 19.3 Å². The van der Waals surface area contributed by atoms with Crippen LogP contribution >= 0.6 is 0 Å². The van der Waals surface area contributed by atoms with Crippen molar-refractivity contribution in [1.29, 1.82) is 0 Å². The Bertz CT molecular complexity index is 913. The van der Waals surface area contributed by atoms with E-state index >= 15 is 0 Å². The molecule has 3 atom stereocenters. The number of aliphatic hydroxyl groups is 2. The number of ether oxygens (including phenoxy) is 1. The normalized spacial score (nSPS) is 13.0. The molecule has 0 aromatic carbocycles. The number of nitrogens with one attached hydrogen (secondary N) is 1. The molecule has 0 heterocycles. The van der Waals surface area contributed by atoms with Crippen molar-refractivity contribution >= 4 is 11.9 Å². The molecule has 0 spiro atoms. The van der Waals surface area contributed by atoms with Crippen LogP contribution in [0.1, 0.15) is 329 Å². The van der Waals surface area contributed by atoms with E-state index in [1.165, 1.54) is 244 Å². The van der Waals surface area contributed by atoms with Crippen LogP contribution in [0.3, 0.4) is 0 Å². The molecular weight excluding hydrogens is 779 g/mol. The maximum absolute atomic E-state index is 13.2. The number of aliphatic hydroxyl groups excluding tert-OH is 2. The third kappa shape index (κ3) is 47.2. The summed E-state index contributed by atoms with van der Waals surface area (Å²) in [6, 6.07) is -0.693. The van der Waals surface area contributed by atoms with E-state index in [1.54, 1.807) is 0 Å². The predicted octanol–water partition coefficient (Wildman–Crippen LogP) is 17.5. The zero-order chi connectivity index (χ0) is 45.9. The fourth-order valence-corrected chi connectivity index (χ4v) is 9.32. The summed E-state index contributed by atoms with van der Waals surface area (Å²) >= 11 is 0. The Morgan fingerprint density at radius 3 is 0.968 bits per heavy atom. The second-order valence-corrected chi connectivity index (χ2v) is 20.1. The number of amides is 1. The lowest BCUT2D eigenvalue weighted by atomic mass is 10.0. The van der Waals surface area contributed by atoms with Crippen molar-refractivity contribution < 1.29 is 24.5 Å². The molecule has 0 aliphatic rings. The molecule has 6 nitrogen and oxygen atoms in total. The van der Waals surface area contributed by atoms with Crippen LogP contribution < -0.4 is 5.32 Å². The fraction of sp³-hybridized carbons (Fsp3) is 0.965. The fourth-order valence-electron chi connectivity index (χ4n) is 9.32. The lowest BCUT2D eigenvalue weighted by molar-refractivity contribution is -0.151. The van der Waals surface area contributed by atoms with E-state index in [9.17, 15) is 19.8 Å². The molecule has 0 fully saturated rings. The molecule has 0 radical (unpaired) electrons. The van der Waals surface area contributed by atoms with Gasteiger partial charge in [-0.3, -0.25) is 9.59 Å². The molecular formula is C57H113NO5. The van der Waals surface area contributed by atoms with Gasteiger partial charge in [-0.1, -0.05) is 290 Å². The zero-order valence-electron chi connectivity index (χ0n) is 43.0. The van der Waals surface area contributed by atoms with Crippen LogP contribution in [-0.2, 0) is 14.3 Å². The Morgan fingerprint density at radius 2 is 0.667 bits per heavy atom. The highest BCUT2D eigenvalue weighted by atomic mass is 16.5. The lowest BCUT2D eigenvalue weighted by Gasteiger charge is -2.24. The van der Waals surface area contributed by atoms with Gasteiger partial charge in [0.1, 0.15) is 6.10 Å². The standard InChI is InChI=1S/C57H113NO5/c1-4-7-10-13-16-19-22-24-26-28-29-31-34-37-40-43-46-49-55(60)54(52-59)58-56(61)51-53(48-45-42-39-36-33-21-18-15-12-9-6-3)63-57(62)50-47-44-41-38-35-32-30-27-25-23-20-17-14-11-8-5-2/h53-55,59-60H,4-52H2,1-3H3,(H,58,61). The topological polar surface area (TPSA) is 95.9 Å². The van der Waals surface area contributed by atoms with Crippen LogP contribution in [-0.4, -0.2) is 46.9 Å². The molecule has 1 amide bonds. The van der Waals surface area contributed by atoms with Crippen LogP contribution in [0.15, 0.2) is 0 Å². The molecule has 6 heteroatoms. The number of hydrogen-bond acceptors (Lipinski definition) is 5. The molecule has 0 aromatic heterocycles. The summed E-state index contributed by atoms with van der Waals surface area (Å²) in [5, 5.41) is 23.9. The van der Waals surface area contributed by atoms with Crippen molar-refractivity contribution in [3.63, 3.8) is 0 Å². The summed E-state index contributed by atoms with van der Waals surface area (Å²) in [6.07, 6.45) is 57.4. The highest BCUT2D eigenvalue weighted by Gasteiger charge is 2.24. The number of carbonyl (C=O) groups is 2. The van der Waals surface area contributed by atoms with Gasteiger partial charge < -0.3 is 20.3 Å². The number of unbranched alkanes of at least 4 members (excludes halogenated alkanes) is 41. The summed E-state index contributed by atoms with van der Waals surface area (Å²) in [4.78, 5) is 26.2. The molecule has 0 saturated heterocycles. The first-order valence-electron chi connectivity index (χ1n) is 28.8. The molecule has 0 aliphatic carbocycles. The number of carbonyl (C=O) groups excluding carboxylic acids is 2. The van der Waals surface area contributed by atoms with Crippen LogP contribution in [0.25, 0.3) is 0 Å². The highest BCUT2D eigenvalue weighted by molar-refractivity contribution is 5.77. The number of rotatable bonds is 53. The van der Waals surface area contributed by atoms with Crippen LogP contribution in [0, 0.1) is 0 Å². The van der Waals surface area contributed by atoms with Gasteiger partial charge in [0.2, 0.25) is 5.91 Å². The minimum Gasteiger partial charge on any atom is -0.462 e. The first-order valence-corrected chi connectivity index (χ1v) is 28.8. The Balaban J connectivity index is 4.40. The molecule has 0 aromatic rings. The highest BCUT2D eigenvalue weighted by Crippen LogP contribution is 2.19. The van der Waals surface area contributed by atoms with Gasteiger partial charge in [0.05, 0.1) is 25.2 Å². The van der Waals surface area contributed by atoms with Gasteiger partial charge in [-0.2, -0.15) is 0 Å². The lowest BCUT2D eigenvalue weighted by Crippen LogP contribution is -2.46. The van der Waals surface area contributed by atoms with E-state index in [4.69, 9.17) is 4.74 Å². The monoisotopic (exact) mass is 892 g/mol. The summed E-state index contributed by atoms with van der Waals surface area (Å²) in [5.41, 5.74) is 0. The quantitative estimate of drug-likeness (QED) is 0.0418. The number of esters is 1. The van der Waals surface area contributed by atoms with Gasteiger partial charge in [-0.15, -0.1) is 0 Å². The van der Waals surface area contributed by atoms with E-state index in [2.05, 4.69) is 26.1 Å². The van der Waals surface area contributed by atoms with Crippen molar-refractivity contribution in [1.82, 2.24) is 5.32 Å². The first-order chi connectivity index (χ1) is 31.0. The molecule has 0 rings (SSSR count). The summed E-state index contributed by atoms with van der Waals surface area (Å²) in [6.45, 7) is 6.53. The molecule has 0 bridgehead atoms. The van der Waals surface area contributed by atoms with Crippen molar-refractivity contribution in [3.05, 3.63) is 0 Å². The van der Waals surface area contributed by atoms with Gasteiger partial charge in [-0.05, 0) is 25.7 Å². The third-order valence-electron chi connectivity index (χ3n) is 13.7. The molecule has 376 valence electrons. The largest absolute Gasteiger partial charge is 0.462 e.